The molecule has 0 aromatic rings. The van der Waals surface area contributed by atoms with Crippen molar-refractivity contribution in [3.05, 3.63) is 0 Å². The Balaban J connectivity index is 4.04. The zero-order valence-corrected chi connectivity index (χ0v) is 8.93. The highest BCUT2D eigenvalue weighted by molar-refractivity contribution is 7.89. The average molecular weight is 230 g/mol. The number of hydrogen-bond acceptors (Lipinski definition) is 3. The van der Waals surface area contributed by atoms with Crippen LogP contribution in [0.5, 0.6) is 0 Å². The van der Waals surface area contributed by atoms with Crippen molar-refractivity contribution >= 4 is 10.0 Å². The molecule has 0 aliphatic rings. The molecule has 0 heterocycles. The van der Waals surface area contributed by atoms with Crippen LogP contribution in [-0.4, -0.2) is 45.0 Å². The van der Waals surface area contributed by atoms with Gasteiger partial charge in [0.2, 0.25) is 10.0 Å². The van der Waals surface area contributed by atoms with E-state index in [1.165, 1.54) is 0 Å². The van der Waals surface area contributed by atoms with Gasteiger partial charge >= 0.3 is 0 Å². The molecule has 0 aliphatic carbocycles. The predicted molar refractivity (Wildman–Crippen MR) is 50.7 cm³/mol. The number of halogens is 2. The first-order valence-electron chi connectivity index (χ1n) is 4.32. The smallest absolute Gasteiger partial charge is 0.252 e. The number of rotatable bonds is 7. The SMILES string of the molecule is CN(CC(F)F)S(=O)(=O)CCCCN. The van der Waals surface area contributed by atoms with Gasteiger partial charge in [-0.15, -0.1) is 0 Å². The number of sulfonamides is 1. The Morgan fingerprint density at radius 1 is 1.36 bits per heavy atom. The first-order valence-corrected chi connectivity index (χ1v) is 5.93. The van der Waals surface area contributed by atoms with E-state index < -0.39 is 23.0 Å². The highest BCUT2D eigenvalue weighted by Gasteiger charge is 2.20. The number of alkyl halides is 2. The third kappa shape index (κ3) is 5.46. The van der Waals surface area contributed by atoms with E-state index in [-0.39, 0.29) is 5.75 Å². The summed E-state index contributed by atoms with van der Waals surface area (Å²) >= 11 is 0. The van der Waals surface area contributed by atoms with Crippen LogP contribution in [0.2, 0.25) is 0 Å². The quantitative estimate of drug-likeness (QED) is 0.638. The van der Waals surface area contributed by atoms with Crippen molar-refractivity contribution in [1.29, 1.82) is 0 Å². The van der Waals surface area contributed by atoms with Crippen LogP contribution in [0.1, 0.15) is 12.8 Å². The van der Waals surface area contributed by atoms with Crippen molar-refractivity contribution in [2.24, 2.45) is 5.73 Å². The van der Waals surface area contributed by atoms with Crippen LogP contribution in [0.25, 0.3) is 0 Å². The highest BCUT2D eigenvalue weighted by Crippen LogP contribution is 2.05. The molecule has 0 aromatic carbocycles. The third-order valence-electron chi connectivity index (χ3n) is 1.73. The lowest BCUT2D eigenvalue weighted by molar-refractivity contribution is 0.126. The molecule has 0 amide bonds. The molecule has 7 heteroatoms. The van der Waals surface area contributed by atoms with Crippen molar-refractivity contribution in [2.75, 3.05) is 25.9 Å². The van der Waals surface area contributed by atoms with Crippen LogP contribution in [0, 0.1) is 0 Å². The van der Waals surface area contributed by atoms with Crippen LogP contribution < -0.4 is 5.73 Å². The van der Waals surface area contributed by atoms with E-state index in [1.54, 1.807) is 0 Å². The zero-order valence-electron chi connectivity index (χ0n) is 8.12. The number of unbranched alkanes of at least 4 members (excludes halogenated alkanes) is 1. The summed E-state index contributed by atoms with van der Waals surface area (Å²) in [5.74, 6) is -0.118. The molecular weight excluding hydrogens is 214 g/mol. The van der Waals surface area contributed by atoms with Crippen molar-refractivity contribution in [3.8, 4) is 0 Å². The monoisotopic (exact) mass is 230 g/mol. The lowest BCUT2D eigenvalue weighted by Gasteiger charge is -2.16. The summed E-state index contributed by atoms with van der Waals surface area (Å²) in [4.78, 5) is 0. The summed E-state index contributed by atoms with van der Waals surface area (Å²) in [7, 11) is -2.37. The average Bonchev–Trinajstić information content (AvgIpc) is 2.03. The molecule has 4 nitrogen and oxygen atoms in total. The molecule has 0 unspecified atom stereocenters. The summed E-state index contributed by atoms with van der Waals surface area (Å²) < 4.78 is 47.0. The molecule has 0 radical (unpaired) electrons. The van der Waals surface area contributed by atoms with E-state index in [0.717, 1.165) is 7.05 Å². The molecule has 0 rings (SSSR count). The second kappa shape index (κ2) is 6.26. The first kappa shape index (κ1) is 13.7. The first-order chi connectivity index (χ1) is 6.40. The van der Waals surface area contributed by atoms with Gasteiger partial charge in [-0.05, 0) is 19.4 Å². The molecular formula is C7H16F2N2O2S. The maximum atomic E-state index is 11.9. The van der Waals surface area contributed by atoms with Gasteiger partial charge in [-0.25, -0.2) is 17.2 Å². The van der Waals surface area contributed by atoms with Crippen molar-refractivity contribution in [3.63, 3.8) is 0 Å². The van der Waals surface area contributed by atoms with Crippen LogP contribution >= 0.6 is 0 Å². The minimum atomic E-state index is -3.53. The molecule has 0 bridgehead atoms. The van der Waals surface area contributed by atoms with Gasteiger partial charge in [0.15, 0.2) is 0 Å². The second-order valence-electron chi connectivity index (χ2n) is 2.98. The molecule has 0 aromatic heterocycles. The van der Waals surface area contributed by atoms with Crippen molar-refractivity contribution < 1.29 is 17.2 Å². The van der Waals surface area contributed by atoms with Gasteiger partial charge in [0, 0.05) is 7.05 Å². The van der Waals surface area contributed by atoms with E-state index in [4.69, 9.17) is 5.73 Å². The highest BCUT2D eigenvalue weighted by atomic mass is 32.2. The third-order valence-corrected chi connectivity index (χ3v) is 3.63. The minimum absolute atomic E-state index is 0.118. The van der Waals surface area contributed by atoms with Gasteiger partial charge < -0.3 is 5.73 Å². The fourth-order valence-electron chi connectivity index (χ4n) is 0.893. The summed E-state index contributed by atoms with van der Waals surface area (Å²) in [5, 5.41) is 0. The van der Waals surface area contributed by atoms with Gasteiger partial charge in [0.25, 0.3) is 6.43 Å². The normalized spacial score (nSPS) is 12.7. The maximum Gasteiger partial charge on any atom is 0.252 e. The standard InChI is InChI=1S/C7H16F2N2O2S/c1-11(6-7(8)9)14(12,13)5-3-2-4-10/h7H,2-6,10H2,1H3. The van der Waals surface area contributed by atoms with Crippen molar-refractivity contribution in [2.45, 2.75) is 19.3 Å². The van der Waals surface area contributed by atoms with Crippen LogP contribution in [0.4, 0.5) is 8.78 Å². The topological polar surface area (TPSA) is 63.4 Å². The molecule has 2 N–H and O–H groups in total. The van der Waals surface area contributed by atoms with Crippen LogP contribution in [0.15, 0.2) is 0 Å². The zero-order chi connectivity index (χ0) is 11.2. The largest absolute Gasteiger partial charge is 0.330 e. The summed E-state index contributed by atoms with van der Waals surface area (Å²) in [6.07, 6.45) is -1.64. The lowest BCUT2D eigenvalue weighted by Crippen LogP contribution is -2.33. The Bertz CT molecular complexity index is 244. The fourth-order valence-corrected chi connectivity index (χ4v) is 2.11. The van der Waals surface area contributed by atoms with Crippen molar-refractivity contribution in [1.82, 2.24) is 4.31 Å². The van der Waals surface area contributed by atoms with Gasteiger partial charge in [-0.1, -0.05) is 0 Å². The molecule has 0 atom stereocenters. The molecule has 0 saturated carbocycles. The van der Waals surface area contributed by atoms with Gasteiger partial charge in [0.1, 0.15) is 0 Å². The van der Waals surface area contributed by atoms with E-state index in [9.17, 15) is 17.2 Å². The van der Waals surface area contributed by atoms with Gasteiger partial charge in [-0.2, -0.15) is 4.31 Å². The molecule has 0 spiro atoms. The predicted octanol–water partition coefficient (Wildman–Crippen LogP) is 0.252. The fraction of sp³-hybridized carbons (Fsp3) is 1.00. The molecule has 14 heavy (non-hydrogen) atoms. The lowest BCUT2D eigenvalue weighted by atomic mass is 10.3. The van der Waals surface area contributed by atoms with Crippen LogP contribution in [-0.2, 0) is 10.0 Å². The van der Waals surface area contributed by atoms with E-state index in [0.29, 0.717) is 23.7 Å². The summed E-state index contributed by atoms with van der Waals surface area (Å²) in [6.45, 7) is -0.334. The summed E-state index contributed by atoms with van der Waals surface area (Å²) in [5.41, 5.74) is 5.19. The number of nitrogens with two attached hydrogens (primary N) is 1. The Kier molecular flexibility index (Phi) is 6.14. The maximum absolute atomic E-state index is 11.9. The molecule has 0 fully saturated rings. The Hall–Kier alpha value is -0.270. The number of hydrogen-bond donors (Lipinski definition) is 1. The molecule has 0 saturated heterocycles. The second-order valence-corrected chi connectivity index (χ2v) is 5.18. The Morgan fingerprint density at radius 2 is 1.93 bits per heavy atom. The molecule has 86 valence electrons. The van der Waals surface area contributed by atoms with Gasteiger partial charge in [-0.3, -0.25) is 0 Å². The minimum Gasteiger partial charge on any atom is -0.330 e. The van der Waals surface area contributed by atoms with E-state index in [2.05, 4.69) is 0 Å². The Morgan fingerprint density at radius 3 is 2.36 bits per heavy atom. The van der Waals surface area contributed by atoms with Crippen LogP contribution in [0.3, 0.4) is 0 Å². The van der Waals surface area contributed by atoms with E-state index >= 15 is 0 Å². The Labute approximate surface area is 83.1 Å². The number of nitrogens with zero attached hydrogens (tertiary/aromatic N) is 1. The van der Waals surface area contributed by atoms with Gasteiger partial charge in [0.05, 0.1) is 12.3 Å². The van der Waals surface area contributed by atoms with E-state index in [1.807, 2.05) is 0 Å². The molecule has 0 aliphatic heterocycles. The summed E-state index contributed by atoms with van der Waals surface area (Å²) in [6, 6.07) is 0.